The van der Waals surface area contributed by atoms with E-state index in [0.29, 0.717) is 24.3 Å². The number of carbonyl (C=O) groups is 4. The molecule has 1 heterocycles. The van der Waals surface area contributed by atoms with Crippen LogP contribution in [0.4, 0.5) is 5.69 Å². The van der Waals surface area contributed by atoms with Gasteiger partial charge in [-0.1, -0.05) is 89.1 Å². The highest BCUT2D eigenvalue weighted by Crippen LogP contribution is 2.48. The Hall–Kier alpha value is -4.19. The summed E-state index contributed by atoms with van der Waals surface area (Å²) in [5.41, 5.74) is 2.63. The van der Waals surface area contributed by atoms with Crippen LogP contribution in [0.5, 0.6) is 0 Å². The molecule has 250 valence electrons. The van der Waals surface area contributed by atoms with Crippen molar-refractivity contribution >= 4 is 30.2 Å². The zero-order chi connectivity index (χ0) is 34.2. The van der Waals surface area contributed by atoms with Gasteiger partial charge in [-0.3, -0.25) is 14.4 Å². The maximum Gasteiger partial charge on any atom is 0.243 e. The number of hydrogen-bond donors (Lipinski definition) is 3. The highest BCUT2D eigenvalue weighted by atomic mass is 16.2. The summed E-state index contributed by atoms with van der Waals surface area (Å²) >= 11 is 0. The number of rotatable bonds is 10. The number of aldehydes is 1. The molecule has 9 nitrogen and oxygen atoms in total. The van der Waals surface area contributed by atoms with Crippen LogP contribution in [-0.4, -0.2) is 61.6 Å². The Balaban J connectivity index is 0.000000236. The molecular formula is C37H53N5O4. The smallest absolute Gasteiger partial charge is 0.243 e. The summed E-state index contributed by atoms with van der Waals surface area (Å²) in [6.07, 6.45) is 7.41. The fourth-order valence-electron chi connectivity index (χ4n) is 5.00. The van der Waals surface area contributed by atoms with Gasteiger partial charge in [0.05, 0.1) is 18.0 Å². The summed E-state index contributed by atoms with van der Waals surface area (Å²) in [5.74, 6) is 0.502. The second-order valence-electron chi connectivity index (χ2n) is 13.9. The summed E-state index contributed by atoms with van der Waals surface area (Å²) in [6.45, 7) is 11.0. The summed E-state index contributed by atoms with van der Waals surface area (Å²) in [6, 6.07) is 22.0. The number of benzene rings is 2. The summed E-state index contributed by atoms with van der Waals surface area (Å²) in [4.78, 5) is 45.8. The van der Waals surface area contributed by atoms with E-state index in [4.69, 9.17) is 5.26 Å². The van der Waals surface area contributed by atoms with Gasteiger partial charge < -0.3 is 25.6 Å². The van der Waals surface area contributed by atoms with E-state index in [1.54, 1.807) is 0 Å². The van der Waals surface area contributed by atoms with Crippen LogP contribution < -0.4 is 16.0 Å². The highest BCUT2D eigenvalue weighted by molar-refractivity contribution is 5.91. The van der Waals surface area contributed by atoms with Crippen LogP contribution in [0, 0.1) is 28.6 Å². The van der Waals surface area contributed by atoms with Crippen molar-refractivity contribution in [1.29, 1.82) is 5.26 Å². The van der Waals surface area contributed by atoms with Crippen LogP contribution in [0.25, 0.3) is 0 Å². The summed E-state index contributed by atoms with van der Waals surface area (Å²) in [5, 5.41) is 17.2. The Kier molecular flexibility index (Phi) is 15.4. The molecule has 3 unspecified atom stereocenters. The van der Waals surface area contributed by atoms with E-state index >= 15 is 0 Å². The van der Waals surface area contributed by atoms with E-state index in [2.05, 4.69) is 62.7 Å². The van der Waals surface area contributed by atoms with Gasteiger partial charge in [-0.05, 0) is 61.6 Å². The van der Waals surface area contributed by atoms with Crippen LogP contribution in [0.2, 0.25) is 0 Å². The van der Waals surface area contributed by atoms with Crippen molar-refractivity contribution in [2.45, 2.75) is 90.6 Å². The fourth-order valence-corrected chi connectivity index (χ4v) is 5.00. The molecule has 46 heavy (non-hydrogen) atoms. The second kappa shape index (κ2) is 18.7. The third-order valence-electron chi connectivity index (χ3n) is 7.67. The molecule has 3 amide bonds. The van der Waals surface area contributed by atoms with E-state index in [9.17, 15) is 19.2 Å². The van der Waals surface area contributed by atoms with Crippen LogP contribution >= 0.6 is 0 Å². The third kappa shape index (κ3) is 13.8. The lowest BCUT2D eigenvalue weighted by Gasteiger charge is -2.20. The SMILES string of the molecule is CC(C)(C)C.CC(CC1CC1)NC(=O)C1(c2ccccc2)CC1.CNc1ccccc1.N#CC1CC(C=O)CN1C(=O)CNC=O. The number of nitrogens with one attached hydrogen (secondary N) is 3. The Labute approximate surface area is 275 Å². The second-order valence-corrected chi connectivity index (χ2v) is 13.9. The quantitative estimate of drug-likeness (QED) is 0.298. The van der Waals surface area contributed by atoms with Gasteiger partial charge in [-0.2, -0.15) is 5.26 Å². The molecule has 2 aromatic rings. The monoisotopic (exact) mass is 631 g/mol. The molecule has 3 N–H and O–H groups in total. The molecule has 3 fully saturated rings. The zero-order valence-corrected chi connectivity index (χ0v) is 28.4. The Morgan fingerprint density at radius 3 is 2.02 bits per heavy atom. The molecule has 3 aliphatic rings. The van der Waals surface area contributed by atoms with Gasteiger partial charge in [0.15, 0.2) is 0 Å². The highest BCUT2D eigenvalue weighted by Gasteiger charge is 2.51. The average molecular weight is 632 g/mol. The Bertz CT molecular complexity index is 1260. The number of carbonyl (C=O) groups excluding carboxylic acids is 4. The predicted octanol–water partition coefficient (Wildman–Crippen LogP) is 5.48. The molecule has 0 aromatic heterocycles. The van der Waals surface area contributed by atoms with Crippen LogP contribution in [0.3, 0.4) is 0 Å². The molecule has 3 atom stereocenters. The minimum Gasteiger partial charge on any atom is -0.388 e. The van der Waals surface area contributed by atoms with Gasteiger partial charge in [0.25, 0.3) is 0 Å². The number of anilines is 1. The first kappa shape index (κ1) is 38.0. The van der Waals surface area contributed by atoms with Gasteiger partial charge in [0, 0.05) is 31.2 Å². The van der Waals surface area contributed by atoms with Crippen LogP contribution in [0.1, 0.15) is 78.7 Å². The van der Waals surface area contributed by atoms with Crippen molar-refractivity contribution in [3.63, 3.8) is 0 Å². The Morgan fingerprint density at radius 1 is 1.02 bits per heavy atom. The summed E-state index contributed by atoms with van der Waals surface area (Å²) < 4.78 is 0. The van der Waals surface area contributed by atoms with Crippen molar-refractivity contribution in [2.75, 3.05) is 25.5 Å². The lowest BCUT2D eigenvalue weighted by Crippen LogP contribution is -2.40. The lowest BCUT2D eigenvalue weighted by atomic mass is 9.94. The van der Waals surface area contributed by atoms with Crippen LogP contribution in [-0.2, 0) is 24.6 Å². The van der Waals surface area contributed by atoms with Crippen molar-refractivity contribution in [1.82, 2.24) is 15.5 Å². The normalized spacial score (nSPS) is 19.5. The minimum atomic E-state index is -0.554. The lowest BCUT2D eigenvalue weighted by molar-refractivity contribution is -0.131. The first-order valence-corrected chi connectivity index (χ1v) is 16.3. The summed E-state index contributed by atoms with van der Waals surface area (Å²) in [7, 11) is 1.91. The topological polar surface area (TPSA) is 131 Å². The number of nitriles is 1. The number of nitrogens with zero attached hydrogens (tertiary/aromatic N) is 2. The zero-order valence-electron chi connectivity index (χ0n) is 28.4. The van der Waals surface area contributed by atoms with E-state index in [1.165, 1.54) is 23.3 Å². The fraction of sp³-hybridized carbons (Fsp3) is 0.541. The molecule has 2 saturated carbocycles. The van der Waals surface area contributed by atoms with E-state index < -0.39 is 6.04 Å². The number of likely N-dealkylation sites (tertiary alicyclic amines) is 1. The van der Waals surface area contributed by atoms with Crippen LogP contribution in [0.15, 0.2) is 60.7 Å². The maximum atomic E-state index is 12.4. The van der Waals surface area contributed by atoms with Crippen molar-refractivity contribution < 1.29 is 19.2 Å². The van der Waals surface area contributed by atoms with Crippen molar-refractivity contribution in [3.05, 3.63) is 66.2 Å². The van der Waals surface area contributed by atoms with Crippen molar-refractivity contribution in [3.8, 4) is 6.07 Å². The van der Waals surface area contributed by atoms with Crippen molar-refractivity contribution in [2.24, 2.45) is 17.3 Å². The first-order valence-electron chi connectivity index (χ1n) is 16.3. The van der Waals surface area contributed by atoms with Gasteiger partial charge >= 0.3 is 0 Å². The largest absolute Gasteiger partial charge is 0.388 e. The van der Waals surface area contributed by atoms with Gasteiger partial charge in [-0.25, -0.2) is 0 Å². The number of amides is 3. The molecule has 5 rings (SSSR count). The predicted molar refractivity (Wildman–Crippen MR) is 183 cm³/mol. The standard InChI is InChI=1S/C16H21NO.C9H11N3O3.C7H9N.C5H12/c1-12(11-13-7-8-13)17-15(18)16(9-10-16)14-5-3-2-4-6-14;10-2-8-1-7(5-13)4-12(8)9(15)3-11-6-14;1-8-7-5-3-2-4-6-7;1-5(2,3)4/h2-6,12-13H,7-11H2,1H3,(H,17,18);5-8H,1,3-4H2,(H,11,14);2-6,8H,1H3;1-4H3. The number of para-hydroxylation sites is 1. The molecule has 2 aliphatic carbocycles. The maximum absolute atomic E-state index is 12.4. The molecule has 1 saturated heterocycles. The first-order chi connectivity index (χ1) is 21.9. The Morgan fingerprint density at radius 2 is 1.59 bits per heavy atom. The molecule has 0 bridgehead atoms. The van der Waals surface area contributed by atoms with Gasteiger partial charge in [0.1, 0.15) is 12.3 Å². The molecule has 0 spiro atoms. The number of hydrogen-bond acceptors (Lipinski definition) is 6. The molecule has 9 heteroatoms. The molecule has 0 radical (unpaired) electrons. The molecule has 1 aliphatic heterocycles. The van der Waals surface area contributed by atoms with E-state index in [1.807, 2.05) is 61.6 Å². The average Bonchev–Trinajstić information content (AvgIpc) is 3.98. The molecular weight excluding hydrogens is 578 g/mol. The van der Waals surface area contributed by atoms with E-state index in [0.717, 1.165) is 37.2 Å². The van der Waals surface area contributed by atoms with Gasteiger partial charge in [0.2, 0.25) is 18.2 Å². The van der Waals surface area contributed by atoms with E-state index in [-0.39, 0.29) is 36.2 Å². The molecule has 2 aromatic carbocycles. The third-order valence-corrected chi connectivity index (χ3v) is 7.67. The minimum absolute atomic E-state index is 0.132. The van der Waals surface area contributed by atoms with Gasteiger partial charge in [-0.15, -0.1) is 0 Å².